The lowest BCUT2D eigenvalue weighted by Crippen LogP contribution is -2.41. The average Bonchev–Trinajstić information content (AvgIpc) is 3.38. The second kappa shape index (κ2) is 14.2. The van der Waals surface area contributed by atoms with Gasteiger partial charge in [0.2, 0.25) is 0 Å². The van der Waals surface area contributed by atoms with Gasteiger partial charge in [-0.2, -0.15) is 8.78 Å². The molecule has 3 aromatic rings. The number of carbonyl (C=O) groups is 2. The number of alkyl halides is 2. The molecule has 8 nitrogen and oxygen atoms in total. The molecule has 236 valence electrons. The van der Waals surface area contributed by atoms with Gasteiger partial charge in [0.05, 0.1) is 19.4 Å². The smallest absolute Gasteiger partial charge is 0.394 e. The van der Waals surface area contributed by atoms with E-state index in [1.54, 1.807) is 42.3 Å². The van der Waals surface area contributed by atoms with Gasteiger partial charge in [-0.25, -0.2) is 0 Å². The second-order valence-electron chi connectivity index (χ2n) is 10.8. The predicted octanol–water partition coefficient (Wildman–Crippen LogP) is 7.30. The molecule has 1 amide bonds. The summed E-state index contributed by atoms with van der Waals surface area (Å²) in [5.74, 6) is -0.235. The number of ether oxygens (including phenoxy) is 3. The maximum absolute atomic E-state index is 14.6. The zero-order valence-electron chi connectivity index (χ0n) is 25.2. The molecular weight excluding hydrogens is 594 g/mol. The summed E-state index contributed by atoms with van der Waals surface area (Å²) in [6.45, 7) is 3.27. The van der Waals surface area contributed by atoms with Crippen LogP contribution in [0.3, 0.4) is 0 Å². The summed E-state index contributed by atoms with van der Waals surface area (Å²) in [6, 6.07) is 14.6. The molecule has 11 heteroatoms. The van der Waals surface area contributed by atoms with Gasteiger partial charge in [-0.3, -0.25) is 9.59 Å². The number of carbonyl (C=O) groups excluding carboxylic acids is 1. The first-order valence-corrected chi connectivity index (χ1v) is 14.8. The Hall–Kier alpha value is -4.05. The highest BCUT2D eigenvalue weighted by Crippen LogP contribution is 2.39. The van der Waals surface area contributed by atoms with E-state index in [1.807, 2.05) is 24.0 Å². The van der Waals surface area contributed by atoms with Crippen molar-refractivity contribution in [3.63, 3.8) is 0 Å². The van der Waals surface area contributed by atoms with Crippen molar-refractivity contribution in [1.82, 2.24) is 0 Å². The lowest BCUT2D eigenvalue weighted by Gasteiger charge is -2.34. The van der Waals surface area contributed by atoms with Gasteiger partial charge in [0, 0.05) is 61.9 Å². The quantitative estimate of drug-likeness (QED) is 0.187. The van der Waals surface area contributed by atoms with Gasteiger partial charge in [-0.05, 0) is 54.2 Å². The lowest BCUT2D eigenvalue weighted by molar-refractivity contribution is -0.158. The molecule has 0 saturated heterocycles. The van der Waals surface area contributed by atoms with Crippen LogP contribution in [0.2, 0.25) is 5.02 Å². The average molecular weight is 631 g/mol. The summed E-state index contributed by atoms with van der Waals surface area (Å²) in [4.78, 5) is 29.0. The van der Waals surface area contributed by atoms with Gasteiger partial charge in [0.1, 0.15) is 23.3 Å². The first kappa shape index (κ1) is 32.9. The molecule has 1 atom stereocenters. The van der Waals surface area contributed by atoms with Crippen molar-refractivity contribution in [2.45, 2.75) is 58.1 Å². The largest absolute Gasteiger partial charge is 0.497 e. The number of hydrogen-bond acceptors (Lipinski definition) is 6. The Balaban J connectivity index is 1.76. The molecule has 44 heavy (non-hydrogen) atoms. The number of halogens is 3. The van der Waals surface area contributed by atoms with Crippen LogP contribution in [-0.4, -0.2) is 50.4 Å². The molecule has 0 bridgehead atoms. The van der Waals surface area contributed by atoms with Crippen molar-refractivity contribution in [3.05, 3.63) is 76.3 Å². The number of hydrogen-bond donors (Lipinski definition) is 1. The molecule has 1 unspecified atom stereocenters. The fraction of sp³-hybridized carbons (Fsp3) is 0.394. The van der Waals surface area contributed by atoms with E-state index in [2.05, 4.69) is 0 Å². The number of likely N-dealkylation sites (N-methyl/N-ethyl adjacent to an activating group) is 1. The van der Waals surface area contributed by atoms with Crippen LogP contribution in [0.4, 0.5) is 20.2 Å². The van der Waals surface area contributed by atoms with Crippen LogP contribution in [0.25, 0.3) is 0 Å². The molecule has 1 aliphatic rings. The molecule has 0 radical (unpaired) electrons. The van der Waals surface area contributed by atoms with Crippen LogP contribution in [0.5, 0.6) is 17.2 Å². The highest BCUT2D eigenvalue weighted by Gasteiger charge is 2.36. The van der Waals surface area contributed by atoms with Crippen molar-refractivity contribution in [3.8, 4) is 17.2 Å². The minimum absolute atomic E-state index is 0.0238. The van der Waals surface area contributed by atoms with E-state index in [0.717, 1.165) is 23.1 Å². The molecule has 1 N–H and O–H groups in total. The van der Waals surface area contributed by atoms with Gasteiger partial charge in [-0.1, -0.05) is 37.1 Å². The Morgan fingerprint density at radius 1 is 1.09 bits per heavy atom. The standard InChI is InChI=1S/C33H37ClF2N2O6/c1-5-7-22-16-23(34)10-12-28(22)31(32(41)38-14-13-21-9-11-25(20-29(21)38)44-33(2,35)36)37(3)24-17-26(42-4)19-27(18-24)43-15-6-8-30(39)40/h9-12,16-20,31H,5-8,13-15H2,1-4H3,(H,39,40). The normalized spacial score (nSPS) is 13.3. The number of fused-ring (bicyclic) bond motifs is 1. The molecule has 3 aromatic carbocycles. The Labute approximate surface area is 261 Å². The molecule has 0 aliphatic carbocycles. The predicted molar refractivity (Wildman–Crippen MR) is 166 cm³/mol. The first-order valence-electron chi connectivity index (χ1n) is 14.5. The van der Waals surface area contributed by atoms with Crippen molar-refractivity contribution in [1.29, 1.82) is 0 Å². The van der Waals surface area contributed by atoms with Gasteiger partial charge >= 0.3 is 12.1 Å². The molecule has 0 saturated carbocycles. The van der Waals surface area contributed by atoms with E-state index in [0.29, 0.717) is 60.6 Å². The Kier molecular flexibility index (Phi) is 10.6. The first-order chi connectivity index (χ1) is 20.9. The lowest BCUT2D eigenvalue weighted by atomic mass is 9.94. The third kappa shape index (κ3) is 8.11. The van der Waals surface area contributed by atoms with Crippen molar-refractivity contribution in [2.24, 2.45) is 0 Å². The van der Waals surface area contributed by atoms with Crippen molar-refractivity contribution < 1.29 is 37.7 Å². The van der Waals surface area contributed by atoms with Gasteiger partial charge < -0.3 is 29.1 Å². The number of anilines is 2. The summed E-state index contributed by atoms with van der Waals surface area (Å²) in [5.41, 5.74) is 3.68. The van der Waals surface area contributed by atoms with E-state index in [9.17, 15) is 18.4 Å². The molecule has 0 aromatic heterocycles. The van der Waals surface area contributed by atoms with Crippen LogP contribution in [-0.2, 0) is 22.4 Å². The number of methoxy groups -OCH3 is 1. The minimum atomic E-state index is -3.37. The van der Waals surface area contributed by atoms with E-state index in [-0.39, 0.29) is 24.7 Å². The third-order valence-corrected chi connectivity index (χ3v) is 7.60. The van der Waals surface area contributed by atoms with E-state index < -0.39 is 18.1 Å². The van der Waals surface area contributed by atoms with Gasteiger partial charge in [0.25, 0.3) is 5.91 Å². The Morgan fingerprint density at radius 2 is 1.84 bits per heavy atom. The fourth-order valence-electron chi connectivity index (χ4n) is 5.36. The molecule has 0 fully saturated rings. The van der Waals surface area contributed by atoms with Crippen LogP contribution in [0, 0.1) is 0 Å². The number of aliphatic carboxylic acids is 1. The van der Waals surface area contributed by atoms with Crippen LogP contribution >= 0.6 is 11.6 Å². The number of amides is 1. The number of carboxylic acid groups (broad SMARTS) is 1. The summed E-state index contributed by atoms with van der Waals surface area (Å²) in [5, 5.41) is 9.51. The SMILES string of the molecule is CCCc1cc(Cl)ccc1C(C(=O)N1CCc2ccc(OC(C)(F)F)cc21)N(C)c1cc(OC)cc(OCCCC(=O)O)c1. The van der Waals surface area contributed by atoms with E-state index in [4.69, 9.17) is 30.9 Å². The second-order valence-corrected chi connectivity index (χ2v) is 11.2. The summed E-state index contributed by atoms with van der Waals surface area (Å²) in [6.07, 6.45) is -0.996. The topological polar surface area (TPSA) is 88.5 Å². The summed E-state index contributed by atoms with van der Waals surface area (Å²) >= 11 is 6.38. The zero-order valence-corrected chi connectivity index (χ0v) is 26.0. The number of carboxylic acids is 1. The number of nitrogens with zero attached hydrogens (tertiary/aromatic N) is 2. The van der Waals surface area contributed by atoms with Crippen molar-refractivity contribution in [2.75, 3.05) is 37.1 Å². The third-order valence-electron chi connectivity index (χ3n) is 7.37. The summed E-state index contributed by atoms with van der Waals surface area (Å²) in [7, 11) is 3.32. The van der Waals surface area contributed by atoms with Gasteiger partial charge in [-0.15, -0.1) is 0 Å². The maximum Gasteiger partial charge on any atom is 0.394 e. The van der Waals surface area contributed by atoms with E-state index >= 15 is 0 Å². The van der Waals surface area contributed by atoms with Crippen LogP contribution < -0.4 is 24.0 Å². The minimum Gasteiger partial charge on any atom is -0.497 e. The highest BCUT2D eigenvalue weighted by atomic mass is 35.5. The highest BCUT2D eigenvalue weighted by molar-refractivity contribution is 6.30. The van der Waals surface area contributed by atoms with Gasteiger partial charge in [0.15, 0.2) is 0 Å². The number of rotatable bonds is 14. The molecule has 0 spiro atoms. The van der Waals surface area contributed by atoms with Crippen molar-refractivity contribution >= 4 is 34.9 Å². The Bertz CT molecular complexity index is 1500. The number of aryl methyl sites for hydroxylation is 1. The van der Waals surface area contributed by atoms with Crippen LogP contribution in [0.1, 0.15) is 55.8 Å². The molecule has 1 heterocycles. The maximum atomic E-state index is 14.6. The van der Waals surface area contributed by atoms with E-state index in [1.165, 1.54) is 19.2 Å². The fourth-order valence-corrected chi connectivity index (χ4v) is 5.56. The Morgan fingerprint density at radius 3 is 2.52 bits per heavy atom. The molecular formula is C33H37ClF2N2O6. The monoisotopic (exact) mass is 630 g/mol. The summed E-state index contributed by atoms with van der Waals surface area (Å²) < 4.78 is 43.5. The molecule has 1 aliphatic heterocycles. The zero-order chi connectivity index (χ0) is 32.0. The van der Waals surface area contributed by atoms with Crippen LogP contribution in [0.15, 0.2) is 54.6 Å². The number of benzene rings is 3. The molecule has 4 rings (SSSR count).